The predicted octanol–water partition coefficient (Wildman–Crippen LogP) is 4.01. The van der Waals surface area contributed by atoms with Crippen molar-refractivity contribution in [3.63, 3.8) is 0 Å². The maximum atomic E-state index is 6.25. The largest absolute Gasteiger partial charge is 0.497 e. The van der Waals surface area contributed by atoms with Crippen LogP contribution < -0.4 is 14.5 Å². The number of aromatic amines is 1. The molecule has 7 nitrogen and oxygen atoms in total. The number of rotatable bonds is 6. The molecular weight excluding hydrogens is 368 g/mol. The first kappa shape index (κ1) is 19.3. The fraction of sp³-hybridized carbons (Fsp3) is 0.318. The molecule has 1 unspecified atom stereocenters. The van der Waals surface area contributed by atoms with Crippen molar-refractivity contribution in [3.05, 3.63) is 54.2 Å². The van der Waals surface area contributed by atoms with Crippen LogP contribution in [0.3, 0.4) is 0 Å². The second-order valence-electron chi connectivity index (χ2n) is 7.03. The first-order valence-corrected chi connectivity index (χ1v) is 9.70. The van der Waals surface area contributed by atoms with E-state index in [1.807, 2.05) is 72.8 Å². The number of benzene rings is 2. The summed E-state index contributed by atoms with van der Waals surface area (Å²) in [5.41, 5.74) is 2.86. The number of hydrazine groups is 1. The second-order valence-corrected chi connectivity index (χ2v) is 7.03. The average Bonchev–Trinajstić information content (AvgIpc) is 3.19. The summed E-state index contributed by atoms with van der Waals surface area (Å²) in [6.45, 7) is 2.68. The maximum Gasteiger partial charge on any atom is 0.245 e. The summed E-state index contributed by atoms with van der Waals surface area (Å²) in [5, 5.41) is 5.06. The van der Waals surface area contributed by atoms with Crippen molar-refractivity contribution in [3.8, 4) is 11.5 Å². The molecule has 1 aromatic heterocycles. The van der Waals surface area contributed by atoms with E-state index in [-0.39, 0.29) is 0 Å². The first-order valence-electron chi connectivity index (χ1n) is 9.70. The van der Waals surface area contributed by atoms with Gasteiger partial charge in [0, 0.05) is 31.2 Å². The summed E-state index contributed by atoms with van der Waals surface area (Å²) in [6, 6.07) is 13.8. The highest BCUT2D eigenvalue weighted by molar-refractivity contribution is 6.03. The van der Waals surface area contributed by atoms with Crippen LogP contribution in [0.2, 0.25) is 0 Å². The molecule has 0 radical (unpaired) electrons. The lowest BCUT2D eigenvalue weighted by molar-refractivity contribution is 0.0261. The number of anilines is 1. The number of hydrogen-bond donors (Lipinski definition) is 1. The van der Waals surface area contributed by atoms with Crippen LogP contribution in [-0.4, -0.2) is 50.1 Å². The zero-order valence-corrected chi connectivity index (χ0v) is 17.2. The summed E-state index contributed by atoms with van der Waals surface area (Å²) in [4.78, 5) is 7.99. The molecule has 0 bridgehead atoms. The van der Waals surface area contributed by atoms with E-state index < -0.39 is 6.35 Å². The van der Waals surface area contributed by atoms with Crippen LogP contribution >= 0.6 is 0 Å². The fourth-order valence-corrected chi connectivity index (χ4v) is 3.39. The first-order chi connectivity index (χ1) is 14.1. The van der Waals surface area contributed by atoms with Gasteiger partial charge in [-0.2, -0.15) is 4.99 Å². The van der Waals surface area contributed by atoms with E-state index in [4.69, 9.17) is 19.2 Å². The summed E-state index contributed by atoms with van der Waals surface area (Å²) < 4.78 is 17.7. The van der Waals surface area contributed by atoms with Gasteiger partial charge in [-0.1, -0.05) is 6.92 Å². The molecule has 4 rings (SSSR count). The molecule has 0 fully saturated rings. The van der Waals surface area contributed by atoms with Crippen molar-refractivity contribution in [1.29, 1.82) is 0 Å². The molecule has 1 N–H and O–H groups in total. The fourth-order valence-electron chi connectivity index (χ4n) is 3.39. The van der Waals surface area contributed by atoms with E-state index in [1.165, 1.54) is 0 Å². The Kier molecular flexibility index (Phi) is 5.42. The predicted molar refractivity (Wildman–Crippen MR) is 115 cm³/mol. The Balaban J connectivity index is 1.76. The highest BCUT2D eigenvalue weighted by Crippen LogP contribution is 2.34. The molecular formula is C22H26N4O3. The number of ether oxygens (including phenoxy) is 3. The molecule has 29 heavy (non-hydrogen) atoms. The van der Waals surface area contributed by atoms with Gasteiger partial charge in [0.1, 0.15) is 11.5 Å². The van der Waals surface area contributed by atoms with Crippen LogP contribution in [-0.2, 0) is 4.74 Å². The van der Waals surface area contributed by atoms with Crippen molar-refractivity contribution in [2.75, 3.05) is 32.8 Å². The molecule has 2 heterocycles. The van der Waals surface area contributed by atoms with Crippen LogP contribution in [0.25, 0.3) is 10.9 Å². The summed E-state index contributed by atoms with van der Waals surface area (Å²) in [7, 11) is 5.59. The van der Waals surface area contributed by atoms with E-state index in [0.29, 0.717) is 12.5 Å². The van der Waals surface area contributed by atoms with Gasteiger partial charge in [0.2, 0.25) is 12.2 Å². The molecule has 1 aliphatic rings. The zero-order chi connectivity index (χ0) is 20.4. The van der Waals surface area contributed by atoms with Crippen molar-refractivity contribution in [2.24, 2.45) is 4.99 Å². The van der Waals surface area contributed by atoms with Crippen LogP contribution in [0.4, 0.5) is 5.69 Å². The summed E-state index contributed by atoms with van der Waals surface area (Å²) in [6.07, 6.45) is 2.32. The number of nitrogens with zero attached hydrogens (tertiary/aromatic N) is 3. The summed E-state index contributed by atoms with van der Waals surface area (Å²) in [5.74, 6) is 1.97. The third kappa shape index (κ3) is 3.79. The van der Waals surface area contributed by atoms with E-state index in [1.54, 1.807) is 7.11 Å². The molecule has 0 saturated carbocycles. The Morgan fingerprint density at radius 2 is 1.93 bits per heavy atom. The number of H-pyrrole nitrogens is 1. The van der Waals surface area contributed by atoms with Gasteiger partial charge >= 0.3 is 0 Å². The van der Waals surface area contributed by atoms with Gasteiger partial charge < -0.3 is 19.2 Å². The van der Waals surface area contributed by atoms with Gasteiger partial charge in [-0.3, -0.25) is 5.01 Å². The Morgan fingerprint density at radius 1 is 1.10 bits per heavy atom. The monoisotopic (exact) mass is 394 g/mol. The van der Waals surface area contributed by atoms with Crippen LogP contribution in [0, 0.1) is 0 Å². The van der Waals surface area contributed by atoms with E-state index in [9.17, 15) is 0 Å². The van der Waals surface area contributed by atoms with Crippen LogP contribution in [0.15, 0.2) is 53.7 Å². The normalized spacial score (nSPS) is 16.1. The van der Waals surface area contributed by atoms with Gasteiger partial charge in [-0.05, 0) is 48.9 Å². The van der Waals surface area contributed by atoms with E-state index in [2.05, 4.69) is 11.9 Å². The van der Waals surface area contributed by atoms with Crippen LogP contribution in [0.5, 0.6) is 11.5 Å². The Bertz CT molecular complexity index is 1030. The Morgan fingerprint density at radius 3 is 2.69 bits per heavy atom. The third-order valence-electron chi connectivity index (χ3n) is 4.76. The topological polar surface area (TPSA) is 62.3 Å². The van der Waals surface area contributed by atoms with Crippen molar-refractivity contribution >= 4 is 22.5 Å². The van der Waals surface area contributed by atoms with E-state index >= 15 is 0 Å². The highest BCUT2D eigenvalue weighted by Gasteiger charge is 2.32. The summed E-state index contributed by atoms with van der Waals surface area (Å²) >= 11 is 0. The minimum Gasteiger partial charge on any atom is -0.497 e. The number of aromatic nitrogens is 1. The standard InChI is InChI=1S/C22H26N4O3/c1-5-12-28-22-24-21(29-17-6-8-19-15(13-17)10-11-23-19)18-14-16(27-4)7-9-20(18)26(22)25(2)3/h6-11,13-14,22-23H,5,12H2,1-4H3. The Hall–Kier alpha value is -3.03. The highest BCUT2D eigenvalue weighted by atomic mass is 16.5. The lowest BCUT2D eigenvalue weighted by atomic mass is 10.1. The van der Waals surface area contributed by atoms with Crippen molar-refractivity contribution < 1.29 is 14.2 Å². The van der Waals surface area contributed by atoms with E-state index in [0.717, 1.165) is 40.1 Å². The number of aliphatic imine (C=N–C) groups is 1. The molecule has 1 aliphatic heterocycles. The van der Waals surface area contributed by atoms with Gasteiger partial charge in [-0.15, -0.1) is 0 Å². The second kappa shape index (κ2) is 8.14. The minimum atomic E-state index is -0.503. The maximum absolute atomic E-state index is 6.25. The Labute approximate surface area is 170 Å². The molecule has 3 aromatic rings. The molecule has 152 valence electrons. The smallest absolute Gasteiger partial charge is 0.245 e. The average molecular weight is 394 g/mol. The quantitative estimate of drug-likeness (QED) is 0.684. The van der Waals surface area contributed by atoms with Gasteiger partial charge in [-0.25, -0.2) is 5.01 Å². The minimum absolute atomic E-state index is 0.503. The molecule has 0 aliphatic carbocycles. The lowest BCUT2D eigenvalue weighted by Crippen LogP contribution is -2.49. The van der Waals surface area contributed by atoms with Crippen molar-refractivity contribution in [1.82, 2.24) is 9.99 Å². The number of fused-ring (bicyclic) bond motifs is 2. The van der Waals surface area contributed by atoms with Gasteiger partial charge in [0.05, 0.1) is 25.0 Å². The molecule has 7 heteroatoms. The molecule has 0 spiro atoms. The molecule has 0 amide bonds. The SMILES string of the molecule is CCCOC1N=C(Oc2ccc3[nH]ccc3c2)c2cc(OC)ccc2N1N(C)C. The number of methoxy groups -OCH3 is 1. The number of hydrogen-bond acceptors (Lipinski definition) is 6. The lowest BCUT2D eigenvalue weighted by Gasteiger charge is -2.39. The van der Waals surface area contributed by atoms with Gasteiger partial charge in [0.15, 0.2) is 0 Å². The molecule has 0 saturated heterocycles. The molecule has 1 atom stereocenters. The molecule has 2 aromatic carbocycles. The number of nitrogens with one attached hydrogen (secondary N) is 1. The van der Waals surface area contributed by atoms with Gasteiger partial charge in [0.25, 0.3) is 0 Å². The van der Waals surface area contributed by atoms with Crippen LogP contribution in [0.1, 0.15) is 18.9 Å². The van der Waals surface area contributed by atoms with Crippen molar-refractivity contribution in [2.45, 2.75) is 19.7 Å². The third-order valence-corrected chi connectivity index (χ3v) is 4.76. The zero-order valence-electron chi connectivity index (χ0n) is 17.2.